The predicted molar refractivity (Wildman–Crippen MR) is 106 cm³/mol. The van der Waals surface area contributed by atoms with Crippen molar-refractivity contribution < 1.29 is 4.74 Å². The lowest BCUT2D eigenvalue weighted by atomic mass is 9.70. The van der Waals surface area contributed by atoms with Crippen molar-refractivity contribution in [3.05, 3.63) is 77.9 Å². The Hall–Kier alpha value is -3.19. The molecule has 0 radical (unpaired) electrons. The highest BCUT2D eigenvalue weighted by atomic mass is 16.5. The van der Waals surface area contributed by atoms with E-state index < -0.39 is 0 Å². The Morgan fingerprint density at radius 1 is 1.00 bits per heavy atom. The monoisotopic (exact) mass is 357 g/mol. The van der Waals surface area contributed by atoms with Gasteiger partial charge in [0.2, 0.25) is 0 Å². The number of benzene rings is 1. The van der Waals surface area contributed by atoms with Crippen LogP contribution < -0.4 is 4.74 Å². The smallest absolute Gasteiger partial charge is 0.137 e. The maximum atomic E-state index is 9.03. The van der Waals surface area contributed by atoms with Crippen molar-refractivity contribution in [3.8, 4) is 22.9 Å². The van der Waals surface area contributed by atoms with Gasteiger partial charge in [-0.1, -0.05) is 38.1 Å². The molecule has 1 atom stereocenters. The number of rotatable bonds is 5. The first-order valence-electron chi connectivity index (χ1n) is 8.95. The van der Waals surface area contributed by atoms with Crippen molar-refractivity contribution in [3.63, 3.8) is 0 Å². The van der Waals surface area contributed by atoms with Gasteiger partial charge in [-0.25, -0.2) is 0 Å². The Balaban J connectivity index is 2.00. The van der Waals surface area contributed by atoms with Gasteiger partial charge in [0.1, 0.15) is 11.8 Å². The molecule has 27 heavy (non-hydrogen) atoms. The molecule has 2 aromatic heterocycles. The quantitative estimate of drug-likeness (QED) is 0.646. The minimum absolute atomic E-state index is 0.251. The van der Waals surface area contributed by atoms with Crippen LogP contribution in [0.4, 0.5) is 0 Å². The third-order valence-electron chi connectivity index (χ3n) is 5.35. The molecule has 0 N–H and O–H groups in total. The number of hydrogen-bond acceptors (Lipinski definition) is 4. The highest BCUT2D eigenvalue weighted by molar-refractivity contribution is 5.64. The van der Waals surface area contributed by atoms with E-state index in [2.05, 4.69) is 61.1 Å². The minimum atomic E-state index is -0.251. The molecule has 1 aromatic carbocycles. The number of nitriles is 1. The van der Waals surface area contributed by atoms with Crippen molar-refractivity contribution >= 4 is 0 Å². The van der Waals surface area contributed by atoms with Gasteiger partial charge in [0.05, 0.1) is 24.6 Å². The number of ether oxygens (including phenoxy) is 1. The van der Waals surface area contributed by atoms with Gasteiger partial charge in [0.25, 0.3) is 0 Å². The van der Waals surface area contributed by atoms with E-state index in [1.807, 2.05) is 24.4 Å². The molecule has 0 fully saturated rings. The Labute approximate surface area is 160 Å². The molecule has 0 saturated heterocycles. The van der Waals surface area contributed by atoms with E-state index in [1.54, 1.807) is 19.5 Å². The van der Waals surface area contributed by atoms with E-state index in [-0.39, 0.29) is 5.41 Å². The van der Waals surface area contributed by atoms with Gasteiger partial charge in [-0.15, -0.1) is 0 Å². The highest BCUT2D eigenvalue weighted by Gasteiger charge is 2.33. The molecule has 0 saturated carbocycles. The molecule has 136 valence electrons. The molecule has 4 heteroatoms. The summed E-state index contributed by atoms with van der Waals surface area (Å²) in [5.74, 6) is 1.08. The van der Waals surface area contributed by atoms with E-state index in [9.17, 15) is 0 Å². The predicted octanol–water partition coefficient (Wildman–Crippen LogP) is 4.99. The van der Waals surface area contributed by atoms with Crippen molar-refractivity contribution in [2.45, 2.75) is 26.2 Å². The first-order valence-corrected chi connectivity index (χ1v) is 8.95. The highest BCUT2D eigenvalue weighted by Crippen LogP contribution is 2.38. The molecule has 0 aliphatic rings. The first kappa shape index (κ1) is 18.6. The molecule has 0 aliphatic carbocycles. The van der Waals surface area contributed by atoms with Gasteiger partial charge in [0.15, 0.2) is 0 Å². The van der Waals surface area contributed by atoms with E-state index in [1.165, 1.54) is 5.56 Å². The van der Waals surface area contributed by atoms with Crippen LogP contribution in [0.25, 0.3) is 11.1 Å². The fourth-order valence-corrected chi connectivity index (χ4v) is 3.24. The molecule has 0 bridgehead atoms. The summed E-state index contributed by atoms with van der Waals surface area (Å²) in [6, 6.07) is 16.4. The summed E-state index contributed by atoms with van der Waals surface area (Å²) in [4.78, 5) is 8.81. The lowest BCUT2D eigenvalue weighted by molar-refractivity contribution is 0.395. The van der Waals surface area contributed by atoms with Crippen molar-refractivity contribution in [2.24, 2.45) is 5.92 Å². The Bertz CT molecular complexity index is 956. The summed E-state index contributed by atoms with van der Waals surface area (Å²) in [7, 11) is 1.64. The Morgan fingerprint density at radius 3 is 2.30 bits per heavy atom. The van der Waals surface area contributed by atoms with E-state index >= 15 is 0 Å². The normalized spacial score (nSPS) is 13.0. The van der Waals surface area contributed by atoms with Gasteiger partial charge >= 0.3 is 0 Å². The molecule has 4 nitrogen and oxygen atoms in total. The van der Waals surface area contributed by atoms with Crippen LogP contribution >= 0.6 is 0 Å². The zero-order valence-corrected chi connectivity index (χ0v) is 16.1. The summed E-state index contributed by atoms with van der Waals surface area (Å²) in [6.45, 7) is 6.59. The topological polar surface area (TPSA) is 58.8 Å². The maximum Gasteiger partial charge on any atom is 0.137 e. The third-order valence-corrected chi connectivity index (χ3v) is 5.35. The van der Waals surface area contributed by atoms with Crippen molar-refractivity contribution in [1.82, 2.24) is 9.97 Å². The van der Waals surface area contributed by atoms with Crippen LogP contribution in [0.3, 0.4) is 0 Å². The van der Waals surface area contributed by atoms with Crippen molar-refractivity contribution in [2.75, 3.05) is 7.11 Å². The first-order chi connectivity index (χ1) is 13.0. The van der Waals surface area contributed by atoms with Gasteiger partial charge in [-0.05, 0) is 42.2 Å². The molecule has 1 unspecified atom stereocenters. The number of hydrogen-bond donors (Lipinski definition) is 0. The lowest BCUT2D eigenvalue weighted by Gasteiger charge is -2.34. The molecule has 3 aromatic rings. The molecule has 2 heterocycles. The molecule has 0 aliphatic heterocycles. The van der Waals surface area contributed by atoms with Crippen LogP contribution in [0.15, 0.2) is 61.1 Å². The van der Waals surface area contributed by atoms with Crippen LogP contribution in [-0.2, 0) is 5.41 Å². The lowest BCUT2D eigenvalue weighted by Crippen LogP contribution is -2.31. The molecule has 0 amide bonds. The van der Waals surface area contributed by atoms with Crippen LogP contribution in [0.5, 0.6) is 5.75 Å². The number of pyridine rings is 2. The summed E-state index contributed by atoms with van der Waals surface area (Å²) in [6.07, 6.45) is 5.18. The van der Waals surface area contributed by atoms with Crippen LogP contribution in [0.2, 0.25) is 0 Å². The molecular weight excluding hydrogens is 334 g/mol. The fourth-order valence-electron chi connectivity index (χ4n) is 3.24. The molecule has 0 spiro atoms. The zero-order chi connectivity index (χ0) is 19.4. The largest absolute Gasteiger partial charge is 0.495 e. The molecule has 3 rings (SSSR count). The minimum Gasteiger partial charge on any atom is -0.495 e. The van der Waals surface area contributed by atoms with Gasteiger partial charge in [0, 0.05) is 23.4 Å². The number of methoxy groups -OCH3 is 1. The van der Waals surface area contributed by atoms with E-state index in [0.29, 0.717) is 11.5 Å². The summed E-state index contributed by atoms with van der Waals surface area (Å²) in [5, 5.41) is 9.03. The average Bonchev–Trinajstić information content (AvgIpc) is 2.73. The second kappa shape index (κ2) is 7.59. The SMILES string of the molecule is COc1cncc(-c2ccc(C(C)(c3ccc(C#N)cn3)C(C)C)cc2)c1. The number of aromatic nitrogens is 2. The van der Waals surface area contributed by atoms with Crippen molar-refractivity contribution in [1.29, 1.82) is 5.26 Å². The second-order valence-electron chi connectivity index (χ2n) is 7.09. The van der Waals surface area contributed by atoms with Gasteiger partial charge in [-0.3, -0.25) is 9.97 Å². The van der Waals surface area contributed by atoms with Gasteiger partial charge < -0.3 is 4.74 Å². The Morgan fingerprint density at radius 2 is 1.74 bits per heavy atom. The Kier molecular flexibility index (Phi) is 5.23. The van der Waals surface area contributed by atoms with Crippen LogP contribution in [-0.4, -0.2) is 17.1 Å². The fraction of sp³-hybridized carbons (Fsp3) is 0.261. The summed E-state index contributed by atoms with van der Waals surface area (Å²) in [5.41, 5.74) is 4.58. The van der Waals surface area contributed by atoms with Crippen LogP contribution in [0.1, 0.15) is 37.6 Å². The van der Waals surface area contributed by atoms with E-state index in [4.69, 9.17) is 10.00 Å². The third kappa shape index (κ3) is 3.54. The average molecular weight is 357 g/mol. The standard InChI is InChI=1S/C23H23N3O/c1-16(2)23(3,22-10-5-17(12-24)13-26-22)20-8-6-18(7-9-20)19-11-21(27-4)15-25-14-19/h5-11,13-16H,1-4H3. The molecular formula is C23H23N3O. The van der Waals surface area contributed by atoms with Crippen LogP contribution in [0, 0.1) is 17.2 Å². The van der Waals surface area contributed by atoms with Gasteiger partial charge in [-0.2, -0.15) is 5.26 Å². The summed E-state index contributed by atoms with van der Waals surface area (Å²) < 4.78 is 5.27. The number of nitrogens with zero attached hydrogens (tertiary/aromatic N) is 3. The van der Waals surface area contributed by atoms with E-state index in [0.717, 1.165) is 22.6 Å². The zero-order valence-electron chi connectivity index (χ0n) is 16.1. The maximum absolute atomic E-state index is 9.03. The second-order valence-corrected chi connectivity index (χ2v) is 7.09. The summed E-state index contributed by atoms with van der Waals surface area (Å²) >= 11 is 0.